The third-order valence-corrected chi connectivity index (χ3v) is 2.62. The number of hydrogen-bond acceptors (Lipinski definition) is 7. The molecule has 146 valence electrons. The lowest BCUT2D eigenvalue weighted by molar-refractivity contribution is -0.146. The van der Waals surface area contributed by atoms with Crippen LogP contribution >= 0.6 is 0 Å². The molecule has 0 aromatic carbocycles. The Kier molecular flexibility index (Phi) is 8.68. The van der Waals surface area contributed by atoms with Gasteiger partial charge in [-0.2, -0.15) is 0 Å². The summed E-state index contributed by atoms with van der Waals surface area (Å²) >= 11 is 0. The number of alkyl carbamates (subject to hydrolysis) is 2. The first kappa shape index (κ1) is 23.0. The molecule has 0 unspecified atom stereocenters. The van der Waals surface area contributed by atoms with Crippen molar-refractivity contribution in [3.63, 3.8) is 0 Å². The molecule has 0 rings (SSSR count). The topological polar surface area (TPSA) is 123 Å². The predicted octanol–water partition coefficient (Wildman–Crippen LogP) is 1.33. The van der Waals surface area contributed by atoms with Crippen LogP contribution in [-0.2, 0) is 19.0 Å². The Hall–Kier alpha value is -2.03. The zero-order chi connectivity index (χ0) is 19.8. The smallest absolute Gasteiger partial charge is 0.408 e. The van der Waals surface area contributed by atoms with E-state index in [4.69, 9.17) is 9.47 Å². The average molecular weight is 362 g/mol. The van der Waals surface area contributed by atoms with E-state index in [0.717, 1.165) is 7.11 Å². The first-order chi connectivity index (χ1) is 11.2. The lowest BCUT2D eigenvalue weighted by Crippen LogP contribution is -2.51. The van der Waals surface area contributed by atoms with E-state index in [1.54, 1.807) is 41.5 Å². The van der Waals surface area contributed by atoms with E-state index in [-0.39, 0.29) is 13.0 Å². The Balaban J connectivity index is 4.60. The minimum atomic E-state index is -1.32. The van der Waals surface area contributed by atoms with E-state index in [2.05, 4.69) is 15.4 Å². The first-order valence-electron chi connectivity index (χ1n) is 7.97. The second-order valence-electron chi connectivity index (χ2n) is 7.43. The van der Waals surface area contributed by atoms with Crippen LogP contribution in [0.2, 0.25) is 0 Å². The predicted molar refractivity (Wildman–Crippen MR) is 90.0 cm³/mol. The minimum absolute atomic E-state index is 0.00515. The molecular weight excluding hydrogens is 332 g/mol. The van der Waals surface area contributed by atoms with E-state index in [1.807, 2.05) is 0 Å². The molecule has 0 saturated carbocycles. The molecule has 0 radical (unpaired) electrons. The van der Waals surface area contributed by atoms with E-state index in [0.29, 0.717) is 0 Å². The van der Waals surface area contributed by atoms with Crippen LogP contribution in [0.15, 0.2) is 0 Å². The number of esters is 1. The van der Waals surface area contributed by atoms with Crippen molar-refractivity contribution in [2.24, 2.45) is 0 Å². The molecule has 0 aliphatic carbocycles. The van der Waals surface area contributed by atoms with Crippen molar-refractivity contribution in [3.05, 3.63) is 0 Å². The Morgan fingerprint density at radius 2 is 1.44 bits per heavy atom. The van der Waals surface area contributed by atoms with E-state index >= 15 is 0 Å². The summed E-state index contributed by atoms with van der Waals surface area (Å²) in [6.07, 6.45) is -2.79. The highest BCUT2D eigenvalue weighted by atomic mass is 16.6. The summed E-state index contributed by atoms with van der Waals surface area (Å²) in [6, 6.07) is -1.32. The fourth-order valence-electron chi connectivity index (χ4n) is 1.68. The van der Waals surface area contributed by atoms with Gasteiger partial charge in [0.2, 0.25) is 0 Å². The molecule has 0 aliphatic heterocycles. The molecule has 25 heavy (non-hydrogen) atoms. The highest BCUT2D eigenvalue weighted by Gasteiger charge is 2.31. The molecule has 9 nitrogen and oxygen atoms in total. The summed E-state index contributed by atoms with van der Waals surface area (Å²) in [5, 5.41) is 14.9. The van der Waals surface area contributed by atoms with Gasteiger partial charge >= 0.3 is 18.2 Å². The van der Waals surface area contributed by atoms with Crippen molar-refractivity contribution in [2.45, 2.75) is 71.3 Å². The van der Waals surface area contributed by atoms with Gasteiger partial charge in [-0.1, -0.05) is 0 Å². The highest BCUT2D eigenvalue weighted by molar-refractivity contribution is 5.82. The van der Waals surface area contributed by atoms with E-state index in [9.17, 15) is 19.5 Å². The number of aliphatic hydroxyl groups excluding tert-OH is 1. The van der Waals surface area contributed by atoms with Crippen molar-refractivity contribution in [1.29, 1.82) is 0 Å². The fraction of sp³-hybridized carbons (Fsp3) is 0.812. The van der Waals surface area contributed by atoms with Gasteiger partial charge in [0.15, 0.2) is 6.04 Å². The summed E-state index contributed by atoms with van der Waals surface area (Å²) in [7, 11) is 1.14. The number of methoxy groups -OCH3 is 1. The first-order valence-corrected chi connectivity index (χ1v) is 7.97. The Morgan fingerprint density at radius 1 is 0.960 bits per heavy atom. The zero-order valence-corrected chi connectivity index (χ0v) is 16.0. The second-order valence-corrected chi connectivity index (χ2v) is 7.43. The SMILES string of the molecule is COC(=O)[C@@H](NC(=O)OC(C)(C)C)[C@@H](O)CCNC(=O)OC(C)(C)C. The quantitative estimate of drug-likeness (QED) is 0.481. The molecule has 0 saturated heterocycles. The molecule has 0 aromatic rings. The van der Waals surface area contributed by atoms with Crippen molar-refractivity contribution in [1.82, 2.24) is 10.6 Å². The van der Waals surface area contributed by atoms with Crippen LogP contribution in [0.5, 0.6) is 0 Å². The van der Waals surface area contributed by atoms with Gasteiger partial charge in [-0.3, -0.25) is 0 Å². The van der Waals surface area contributed by atoms with Crippen LogP contribution in [0.3, 0.4) is 0 Å². The molecule has 0 spiro atoms. The third kappa shape index (κ3) is 11.2. The summed E-state index contributed by atoms with van der Waals surface area (Å²) in [5.41, 5.74) is -1.40. The van der Waals surface area contributed by atoms with Crippen molar-refractivity contribution in [3.8, 4) is 0 Å². The van der Waals surface area contributed by atoms with E-state index in [1.165, 1.54) is 0 Å². The van der Waals surface area contributed by atoms with Crippen molar-refractivity contribution in [2.75, 3.05) is 13.7 Å². The van der Waals surface area contributed by atoms with Gasteiger partial charge in [0, 0.05) is 6.54 Å². The largest absolute Gasteiger partial charge is 0.467 e. The maximum Gasteiger partial charge on any atom is 0.408 e. The van der Waals surface area contributed by atoms with Crippen molar-refractivity contribution >= 4 is 18.2 Å². The number of carbonyl (C=O) groups is 3. The molecule has 0 aliphatic rings. The van der Waals surface area contributed by atoms with Gasteiger partial charge in [0.05, 0.1) is 13.2 Å². The standard InChI is InChI=1S/C16H30N2O7/c1-15(2,3)24-13(21)17-9-8-10(19)11(12(20)23-7)18-14(22)25-16(4,5)6/h10-11,19H,8-9H2,1-7H3,(H,17,21)(H,18,22)/t10-,11-/m0/s1. The third-order valence-electron chi connectivity index (χ3n) is 2.62. The van der Waals surface area contributed by atoms with E-state index < -0.39 is 41.5 Å². The zero-order valence-electron chi connectivity index (χ0n) is 16.0. The molecule has 0 fully saturated rings. The van der Waals surface area contributed by atoms with Crippen LogP contribution in [0, 0.1) is 0 Å². The van der Waals surface area contributed by atoms with Gasteiger partial charge in [-0.05, 0) is 48.0 Å². The summed E-state index contributed by atoms with van der Waals surface area (Å²) in [6.45, 7) is 10.2. The Morgan fingerprint density at radius 3 is 1.88 bits per heavy atom. The molecular formula is C16H30N2O7. The number of amides is 2. The minimum Gasteiger partial charge on any atom is -0.467 e. The van der Waals surface area contributed by atoms with Crippen LogP contribution in [-0.4, -0.2) is 60.3 Å². The van der Waals surface area contributed by atoms with Gasteiger partial charge < -0.3 is 30.0 Å². The maximum absolute atomic E-state index is 11.8. The second kappa shape index (κ2) is 9.45. The number of rotatable bonds is 6. The number of carbonyl (C=O) groups excluding carboxylic acids is 3. The Bertz CT molecular complexity index is 466. The number of aliphatic hydroxyl groups is 1. The van der Waals surface area contributed by atoms with Crippen molar-refractivity contribution < 1.29 is 33.7 Å². The van der Waals surface area contributed by atoms with Gasteiger partial charge in [0.1, 0.15) is 11.2 Å². The average Bonchev–Trinajstić information content (AvgIpc) is 2.39. The van der Waals surface area contributed by atoms with Gasteiger partial charge in [-0.25, -0.2) is 14.4 Å². The van der Waals surface area contributed by atoms with Crippen LogP contribution < -0.4 is 10.6 Å². The van der Waals surface area contributed by atoms with Gasteiger partial charge in [0.25, 0.3) is 0 Å². The number of nitrogens with one attached hydrogen (secondary N) is 2. The Labute approximate surface area is 148 Å². The summed E-state index contributed by atoms with van der Waals surface area (Å²) < 4.78 is 14.7. The molecule has 2 amide bonds. The number of hydrogen-bond donors (Lipinski definition) is 3. The van der Waals surface area contributed by atoms with Crippen LogP contribution in [0.1, 0.15) is 48.0 Å². The molecule has 9 heteroatoms. The van der Waals surface area contributed by atoms with Gasteiger partial charge in [-0.15, -0.1) is 0 Å². The summed E-state index contributed by atoms with van der Waals surface area (Å²) in [4.78, 5) is 35.1. The maximum atomic E-state index is 11.8. The molecule has 0 aromatic heterocycles. The van der Waals surface area contributed by atoms with Crippen LogP contribution in [0.25, 0.3) is 0 Å². The number of ether oxygens (including phenoxy) is 3. The fourth-order valence-corrected chi connectivity index (χ4v) is 1.68. The van der Waals surface area contributed by atoms with Crippen LogP contribution in [0.4, 0.5) is 9.59 Å². The monoisotopic (exact) mass is 362 g/mol. The lowest BCUT2D eigenvalue weighted by Gasteiger charge is -2.25. The highest BCUT2D eigenvalue weighted by Crippen LogP contribution is 2.09. The lowest BCUT2D eigenvalue weighted by atomic mass is 10.1. The molecule has 2 atom stereocenters. The molecule has 0 heterocycles. The normalized spacial score (nSPS) is 14.1. The summed E-state index contributed by atoms with van der Waals surface area (Å²) in [5.74, 6) is -0.823. The molecule has 0 bridgehead atoms. The molecule has 3 N–H and O–H groups in total.